The highest BCUT2D eigenvalue weighted by atomic mass is 16.5. The molecule has 1 fully saturated rings. The molecule has 0 aromatic carbocycles. The summed E-state index contributed by atoms with van der Waals surface area (Å²) in [6.07, 6.45) is 4.19. The summed E-state index contributed by atoms with van der Waals surface area (Å²) >= 11 is 0. The van der Waals surface area contributed by atoms with Gasteiger partial charge < -0.3 is 10.1 Å². The third-order valence-electron chi connectivity index (χ3n) is 3.70. The Labute approximate surface area is 94.8 Å². The molecule has 1 rings (SSSR count). The van der Waals surface area contributed by atoms with Gasteiger partial charge in [-0.3, -0.25) is 0 Å². The van der Waals surface area contributed by atoms with Crippen LogP contribution in [0, 0.1) is 17.8 Å². The monoisotopic (exact) mass is 213 g/mol. The van der Waals surface area contributed by atoms with Gasteiger partial charge in [-0.05, 0) is 30.6 Å². The van der Waals surface area contributed by atoms with Crippen molar-refractivity contribution >= 4 is 0 Å². The second-order valence-corrected chi connectivity index (χ2v) is 5.38. The van der Waals surface area contributed by atoms with Crippen molar-refractivity contribution in [2.75, 3.05) is 20.3 Å². The maximum atomic E-state index is 5.16. The molecule has 3 unspecified atom stereocenters. The van der Waals surface area contributed by atoms with Gasteiger partial charge in [0.25, 0.3) is 0 Å². The maximum Gasteiger partial charge on any atom is 0.0499 e. The minimum Gasteiger partial charge on any atom is -0.384 e. The quantitative estimate of drug-likeness (QED) is 0.758. The molecule has 0 saturated heterocycles. The first-order chi connectivity index (χ1) is 7.15. The van der Waals surface area contributed by atoms with Crippen LogP contribution in [0.3, 0.4) is 0 Å². The highest BCUT2D eigenvalue weighted by molar-refractivity contribution is 4.83. The Kier molecular flexibility index (Phi) is 5.62. The molecule has 0 aromatic rings. The number of methoxy groups -OCH3 is 1. The van der Waals surface area contributed by atoms with E-state index in [2.05, 4.69) is 26.1 Å². The Morgan fingerprint density at radius 2 is 1.87 bits per heavy atom. The van der Waals surface area contributed by atoms with Crippen molar-refractivity contribution in [2.45, 2.75) is 46.1 Å². The van der Waals surface area contributed by atoms with Gasteiger partial charge in [-0.25, -0.2) is 0 Å². The van der Waals surface area contributed by atoms with Crippen molar-refractivity contribution in [3.05, 3.63) is 0 Å². The van der Waals surface area contributed by atoms with Crippen molar-refractivity contribution in [1.82, 2.24) is 5.32 Å². The molecule has 2 nitrogen and oxygen atoms in total. The highest BCUT2D eigenvalue weighted by Crippen LogP contribution is 2.28. The average Bonchev–Trinajstić information content (AvgIpc) is 2.17. The lowest BCUT2D eigenvalue weighted by Crippen LogP contribution is -2.44. The third kappa shape index (κ3) is 4.12. The van der Waals surface area contributed by atoms with Gasteiger partial charge in [0.1, 0.15) is 0 Å². The van der Waals surface area contributed by atoms with Crippen molar-refractivity contribution < 1.29 is 4.74 Å². The lowest BCUT2D eigenvalue weighted by molar-refractivity contribution is 0.144. The second kappa shape index (κ2) is 6.49. The molecule has 3 atom stereocenters. The molecular weight excluding hydrogens is 186 g/mol. The van der Waals surface area contributed by atoms with Crippen LogP contribution < -0.4 is 5.32 Å². The van der Waals surface area contributed by atoms with E-state index in [4.69, 9.17) is 4.74 Å². The normalized spacial score (nSPS) is 34.0. The number of hydrogen-bond acceptors (Lipinski definition) is 2. The lowest BCUT2D eigenvalue weighted by atomic mass is 9.78. The average molecular weight is 213 g/mol. The van der Waals surface area contributed by atoms with Crippen molar-refractivity contribution in [3.8, 4) is 0 Å². The van der Waals surface area contributed by atoms with Crippen molar-refractivity contribution in [3.63, 3.8) is 0 Å². The van der Waals surface area contributed by atoms with Crippen LogP contribution in [-0.4, -0.2) is 26.3 Å². The SMILES string of the molecule is COCC(C)CNC1C(C)CCCC1C. The summed E-state index contributed by atoms with van der Waals surface area (Å²) in [5.74, 6) is 2.29. The fourth-order valence-corrected chi connectivity index (χ4v) is 2.76. The van der Waals surface area contributed by atoms with Crippen molar-refractivity contribution in [1.29, 1.82) is 0 Å². The first-order valence-electron chi connectivity index (χ1n) is 6.37. The van der Waals surface area contributed by atoms with Gasteiger partial charge in [-0.15, -0.1) is 0 Å². The Morgan fingerprint density at radius 3 is 2.40 bits per heavy atom. The van der Waals surface area contributed by atoms with E-state index < -0.39 is 0 Å². The lowest BCUT2D eigenvalue weighted by Gasteiger charge is -2.36. The van der Waals surface area contributed by atoms with Gasteiger partial charge >= 0.3 is 0 Å². The largest absolute Gasteiger partial charge is 0.384 e. The fourth-order valence-electron chi connectivity index (χ4n) is 2.76. The summed E-state index contributed by atoms with van der Waals surface area (Å²) in [7, 11) is 1.78. The molecule has 0 aliphatic heterocycles. The van der Waals surface area contributed by atoms with E-state index in [0.717, 1.165) is 31.0 Å². The van der Waals surface area contributed by atoms with Crippen LogP contribution >= 0.6 is 0 Å². The van der Waals surface area contributed by atoms with E-state index in [0.29, 0.717) is 5.92 Å². The molecular formula is C13H27NO. The molecule has 0 bridgehead atoms. The fraction of sp³-hybridized carbons (Fsp3) is 1.00. The van der Waals surface area contributed by atoms with E-state index in [1.165, 1.54) is 19.3 Å². The van der Waals surface area contributed by atoms with Crippen LogP contribution in [0.5, 0.6) is 0 Å². The summed E-state index contributed by atoms with van der Waals surface area (Å²) in [5, 5.41) is 3.73. The molecule has 1 aliphatic rings. The predicted octanol–water partition coefficient (Wildman–Crippen LogP) is 2.68. The smallest absolute Gasteiger partial charge is 0.0499 e. The van der Waals surface area contributed by atoms with Gasteiger partial charge in [-0.2, -0.15) is 0 Å². The van der Waals surface area contributed by atoms with E-state index in [1.807, 2.05) is 0 Å². The van der Waals surface area contributed by atoms with Crippen LogP contribution in [0.4, 0.5) is 0 Å². The number of ether oxygens (including phenoxy) is 1. The van der Waals surface area contributed by atoms with Crippen LogP contribution in [-0.2, 0) is 4.74 Å². The maximum absolute atomic E-state index is 5.16. The first kappa shape index (κ1) is 13.0. The zero-order valence-electron chi connectivity index (χ0n) is 10.8. The van der Waals surface area contributed by atoms with E-state index >= 15 is 0 Å². The molecule has 1 N–H and O–H groups in total. The standard InChI is InChI=1S/C13H27NO/c1-10(9-15-4)8-14-13-11(2)6-5-7-12(13)3/h10-14H,5-9H2,1-4H3. The first-order valence-corrected chi connectivity index (χ1v) is 6.37. The van der Waals surface area contributed by atoms with Gasteiger partial charge in [0, 0.05) is 26.3 Å². The Bertz CT molecular complexity index is 162. The Morgan fingerprint density at radius 1 is 1.27 bits per heavy atom. The predicted molar refractivity (Wildman–Crippen MR) is 65.0 cm³/mol. The molecule has 1 saturated carbocycles. The van der Waals surface area contributed by atoms with Gasteiger partial charge in [0.2, 0.25) is 0 Å². The zero-order chi connectivity index (χ0) is 11.3. The van der Waals surface area contributed by atoms with Gasteiger partial charge in [-0.1, -0.05) is 27.2 Å². The molecule has 0 radical (unpaired) electrons. The van der Waals surface area contributed by atoms with Crippen LogP contribution in [0.1, 0.15) is 40.0 Å². The minimum atomic E-state index is 0.622. The van der Waals surface area contributed by atoms with Gasteiger partial charge in [0.15, 0.2) is 0 Å². The van der Waals surface area contributed by atoms with Crippen LogP contribution in [0.25, 0.3) is 0 Å². The molecule has 1 aliphatic carbocycles. The Balaban J connectivity index is 2.28. The molecule has 0 spiro atoms. The van der Waals surface area contributed by atoms with E-state index in [-0.39, 0.29) is 0 Å². The van der Waals surface area contributed by atoms with E-state index in [1.54, 1.807) is 7.11 Å². The molecule has 0 aromatic heterocycles. The van der Waals surface area contributed by atoms with E-state index in [9.17, 15) is 0 Å². The van der Waals surface area contributed by atoms with Crippen molar-refractivity contribution in [2.24, 2.45) is 17.8 Å². The summed E-state index contributed by atoms with van der Waals surface area (Å²) in [6, 6.07) is 0.720. The zero-order valence-corrected chi connectivity index (χ0v) is 10.8. The Hall–Kier alpha value is -0.0800. The number of hydrogen-bond donors (Lipinski definition) is 1. The highest BCUT2D eigenvalue weighted by Gasteiger charge is 2.27. The summed E-state index contributed by atoms with van der Waals surface area (Å²) in [6.45, 7) is 8.97. The summed E-state index contributed by atoms with van der Waals surface area (Å²) in [4.78, 5) is 0. The third-order valence-corrected chi connectivity index (χ3v) is 3.70. The summed E-state index contributed by atoms with van der Waals surface area (Å²) < 4.78 is 5.16. The number of rotatable bonds is 5. The van der Waals surface area contributed by atoms with Crippen LogP contribution in [0.15, 0.2) is 0 Å². The molecule has 0 heterocycles. The van der Waals surface area contributed by atoms with Crippen LogP contribution in [0.2, 0.25) is 0 Å². The second-order valence-electron chi connectivity index (χ2n) is 5.38. The molecule has 2 heteroatoms. The molecule has 0 amide bonds. The molecule has 90 valence electrons. The minimum absolute atomic E-state index is 0.622. The number of nitrogens with one attached hydrogen (secondary N) is 1. The molecule has 15 heavy (non-hydrogen) atoms. The summed E-state index contributed by atoms with van der Waals surface area (Å²) in [5.41, 5.74) is 0. The van der Waals surface area contributed by atoms with Gasteiger partial charge in [0.05, 0.1) is 0 Å². The topological polar surface area (TPSA) is 21.3 Å².